The average molecular weight is 380 g/mol. The Hall–Kier alpha value is -1.57. The Kier molecular flexibility index (Phi) is 6.34. The number of rotatable bonds is 5. The fourth-order valence-corrected chi connectivity index (χ4v) is 4.31. The maximum Gasteiger partial charge on any atom is 0.219 e. The van der Waals surface area contributed by atoms with Crippen LogP contribution in [0.5, 0.6) is 0 Å². The first-order chi connectivity index (χ1) is 12.1. The highest BCUT2D eigenvalue weighted by molar-refractivity contribution is 7.15. The lowest BCUT2D eigenvalue weighted by molar-refractivity contribution is -0.132. The van der Waals surface area contributed by atoms with Crippen molar-refractivity contribution < 1.29 is 4.79 Å². The molecular weight excluding hydrogens is 358 g/mol. The van der Waals surface area contributed by atoms with Gasteiger partial charge in [-0.2, -0.15) is 0 Å². The van der Waals surface area contributed by atoms with E-state index < -0.39 is 0 Å². The monoisotopic (exact) mass is 379 g/mol. The van der Waals surface area contributed by atoms with E-state index >= 15 is 0 Å². The number of nitrogens with zero attached hydrogens (tertiary/aromatic N) is 5. The van der Waals surface area contributed by atoms with Crippen LogP contribution in [0, 0.1) is 0 Å². The van der Waals surface area contributed by atoms with Gasteiger partial charge in [0.15, 0.2) is 4.47 Å². The number of likely N-dealkylation sites (tertiary alicyclic amines) is 1. The first-order valence-electron chi connectivity index (χ1n) is 8.45. The molecule has 1 aliphatic heterocycles. The number of carbonyl (C=O) groups excluding carboxylic acids is 1. The van der Waals surface area contributed by atoms with E-state index in [0.717, 1.165) is 44.5 Å². The number of thiazole rings is 1. The van der Waals surface area contributed by atoms with Crippen LogP contribution in [0.25, 0.3) is 0 Å². The quantitative estimate of drug-likeness (QED) is 0.799. The number of halogens is 1. The minimum Gasteiger partial charge on any atom is -0.335 e. The summed E-state index contributed by atoms with van der Waals surface area (Å²) in [5.74, 6) is 0.108. The average Bonchev–Trinajstić information content (AvgIpc) is 2.87. The SMILES string of the molecule is CC(=O)N(Cc1cncnc1)[C@@H]1CCCN(Cc2cnc(Cl)s2)CC1. The molecule has 0 unspecified atom stereocenters. The van der Waals surface area contributed by atoms with Gasteiger partial charge in [0.25, 0.3) is 0 Å². The Morgan fingerprint density at radius 3 is 2.80 bits per heavy atom. The molecule has 8 heteroatoms. The van der Waals surface area contributed by atoms with Gasteiger partial charge in [-0.1, -0.05) is 11.6 Å². The summed E-state index contributed by atoms with van der Waals surface area (Å²) in [6, 6.07) is 0.257. The molecule has 2 aromatic heterocycles. The van der Waals surface area contributed by atoms with Gasteiger partial charge in [0.05, 0.1) is 0 Å². The molecule has 0 aromatic carbocycles. The molecule has 2 aromatic rings. The molecule has 0 bridgehead atoms. The lowest BCUT2D eigenvalue weighted by Crippen LogP contribution is -2.39. The van der Waals surface area contributed by atoms with E-state index in [-0.39, 0.29) is 11.9 Å². The first-order valence-corrected chi connectivity index (χ1v) is 9.65. The third kappa shape index (κ3) is 5.20. The van der Waals surface area contributed by atoms with Crippen LogP contribution in [0.2, 0.25) is 4.47 Å². The molecule has 6 nitrogen and oxygen atoms in total. The van der Waals surface area contributed by atoms with Crippen LogP contribution in [0.4, 0.5) is 0 Å². The topological polar surface area (TPSA) is 62.2 Å². The van der Waals surface area contributed by atoms with Gasteiger partial charge in [0.1, 0.15) is 6.33 Å². The maximum absolute atomic E-state index is 12.2. The molecule has 1 atom stereocenters. The normalized spacial score (nSPS) is 18.7. The second kappa shape index (κ2) is 8.69. The molecule has 3 heterocycles. The molecule has 1 aliphatic rings. The number of amides is 1. The highest BCUT2D eigenvalue weighted by atomic mass is 35.5. The summed E-state index contributed by atoms with van der Waals surface area (Å²) < 4.78 is 0.593. The van der Waals surface area contributed by atoms with E-state index in [1.54, 1.807) is 19.3 Å². The Morgan fingerprint density at radius 1 is 1.32 bits per heavy atom. The smallest absolute Gasteiger partial charge is 0.219 e. The summed E-state index contributed by atoms with van der Waals surface area (Å²) in [5, 5.41) is 0. The fourth-order valence-electron chi connectivity index (χ4n) is 3.29. The Bertz CT molecular complexity index is 695. The van der Waals surface area contributed by atoms with E-state index in [1.807, 2.05) is 11.1 Å². The lowest BCUT2D eigenvalue weighted by Gasteiger charge is -2.30. The van der Waals surface area contributed by atoms with Crippen LogP contribution in [-0.4, -0.2) is 49.8 Å². The van der Waals surface area contributed by atoms with E-state index in [4.69, 9.17) is 11.6 Å². The van der Waals surface area contributed by atoms with E-state index in [9.17, 15) is 4.79 Å². The largest absolute Gasteiger partial charge is 0.335 e. The van der Waals surface area contributed by atoms with Crippen molar-refractivity contribution in [2.24, 2.45) is 0 Å². The molecule has 25 heavy (non-hydrogen) atoms. The summed E-state index contributed by atoms with van der Waals surface area (Å²) in [4.78, 5) is 30.0. The van der Waals surface area contributed by atoms with Gasteiger partial charge in [-0.05, 0) is 25.8 Å². The van der Waals surface area contributed by atoms with Gasteiger partial charge in [0, 0.05) is 61.6 Å². The molecule has 0 N–H and O–H groups in total. The van der Waals surface area contributed by atoms with Crippen molar-refractivity contribution >= 4 is 28.8 Å². The highest BCUT2D eigenvalue weighted by Gasteiger charge is 2.25. The summed E-state index contributed by atoms with van der Waals surface area (Å²) in [6.07, 6.45) is 9.99. The van der Waals surface area contributed by atoms with Crippen molar-refractivity contribution in [1.82, 2.24) is 24.8 Å². The van der Waals surface area contributed by atoms with E-state index in [1.165, 1.54) is 22.5 Å². The minimum atomic E-state index is 0.108. The van der Waals surface area contributed by atoms with Crippen LogP contribution < -0.4 is 0 Å². The number of hydrogen-bond donors (Lipinski definition) is 0. The zero-order valence-corrected chi connectivity index (χ0v) is 15.8. The van der Waals surface area contributed by atoms with Gasteiger partial charge in [-0.25, -0.2) is 15.0 Å². The molecule has 3 rings (SSSR count). The van der Waals surface area contributed by atoms with Gasteiger partial charge in [-0.15, -0.1) is 11.3 Å². The van der Waals surface area contributed by atoms with Crippen molar-refractivity contribution in [1.29, 1.82) is 0 Å². The van der Waals surface area contributed by atoms with Crippen LogP contribution in [0.1, 0.15) is 36.6 Å². The van der Waals surface area contributed by atoms with E-state index in [2.05, 4.69) is 19.9 Å². The number of aromatic nitrogens is 3. The number of carbonyl (C=O) groups is 1. The maximum atomic E-state index is 12.2. The Balaban J connectivity index is 1.60. The zero-order valence-electron chi connectivity index (χ0n) is 14.3. The van der Waals surface area contributed by atoms with Crippen LogP contribution in [0.3, 0.4) is 0 Å². The summed E-state index contributed by atoms with van der Waals surface area (Å²) in [7, 11) is 0. The molecule has 0 aliphatic carbocycles. The minimum absolute atomic E-state index is 0.108. The Labute approximate surface area is 156 Å². The van der Waals surface area contributed by atoms with Crippen molar-refractivity contribution in [3.05, 3.63) is 39.8 Å². The summed E-state index contributed by atoms with van der Waals surface area (Å²) in [6.45, 7) is 5.10. The number of hydrogen-bond acceptors (Lipinski definition) is 6. The summed E-state index contributed by atoms with van der Waals surface area (Å²) >= 11 is 7.46. The second-order valence-corrected chi connectivity index (χ2v) is 8.03. The third-order valence-corrected chi connectivity index (χ3v) is 5.61. The molecule has 0 radical (unpaired) electrons. The van der Waals surface area contributed by atoms with Gasteiger partial charge >= 0.3 is 0 Å². The van der Waals surface area contributed by atoms with Gasteiger partial charge < -0.3 is 4.90 Å². The van der Waals surface area contributed by atoms with Crippen LogP contribution in [0.15, 0.2) is 24.9 Å². The standard InChI is InChI=1S/C17H22ClN5OS/c1-13(24)23(10-14-7-19-12-20-8-14)15-3-2-5-22(6-4-15)11-16-9-21-17(18)25-16/h7-9,12,15H,2-6,10-11H2,1H3/t15-/m1/s1. The molecule has 1 saturated heterocycles. The van der Waals surface area contributed by atoms with E-state index in [0.29, 0.717) is 11.0 Å². The van der Waals surface area contributed by atoms with Crippen LogP contribution in [-0.2, 0) is 17.9 Å². The highest BCUT2D eigenvalue weighted by Crippen LogP contribution is 2.23. The molecule has 0 spiro atoms. The fraction of sp³-hybridized carbons (Fsp3) is 0.529. The van der Waals surface area contributed by atoms with Crippen molar-refractivity contribution in [2.45, 2.75) is 45.3 Å². The first kappa shape index (κ1) is 18.2. The predicted octanol–water partition coefficient (Wildman–Crippen LogP) is 2.99. The van der Waals surface area contributed by atoms with Gasteiger partial charge in [-0.3, -0.25) is 9.69 Å². The lowest BCUT2D eigenvalue weighted by atomic mass is 10.1. The third-order valence-electron chi connectivity index (χ3n) is 4.51. The van der Waals surface area contributed by atoms with Crippen LogP contribution >= 0.6 is 22.9 Å². The van der Waals surface area contributed by atoms with Crippen molar-refractivity contribution in [3.8, 4) is 0 Å². The molecule has 134 valence electrons. The van der Waals surface area contributed by atoms with Crippen molar-refractivity contribution in [3.63, 3.8) is 0 Å². The van der Waals surface area contributed by atoms with Gasteiger partial charge in [0.2, 0.25) is 5.91 Å². The zero-order chi connectivity index (χ0) is 17.6. The van der Waals surface area contributed by atoms with Crippen molar-refractivity contribution in [2.75, 3.05) is 13.1 Å². The molecule has 1 amide bonds. The molecular formula is C17H22ClN5OS. The molecule has 1 fully saturated rings. The Morgan fingerprint density at radius 2 is 2.12 bits per heavy atom. The second-order valence-electron chi connectivity index (χ2n) is 6.33. The predicted molar refractivity (Wildman–Crippen MR) is 98.3 cm³/mol. The molecule has 0 saturated carbocycles. The summed E-state index contributed by atoms with van der Waals surface area (Å²) in [5.41, 5.74) is 0.970.